The Bertz CT molecular complexity index is 758. The van der Waals surface area contributed by atoms with Crippen LogP contribution in [0.1, 0.15) is 23.7 Å². The number of anilines is 1. The van der Waals surface area contributed by atoms with Gasteiger partial charge in [-0.25, -0.2) is 9.37 Å². The van der Waals surface area contributed by atoms with Crippen LogP contribution < -0.4 is 5.32 Å². The molecule has 1 aliphatic rings. The van der Waals surface area contributed by atoms with E-state index in [1.54, 1.807) is 18.2 Å². The van der Waals surface area contributed by atoms with Crippen molar-refractivity contribution in [2.75, 3.05) is 18.9 Å². The molecule has 0 amide bonds. The molecule has 0 radical (unpaired) electrons. The molecule has 0 bridgehead atoms. The molecule has 2 heterocycles. The maximum absolute atomic E-state index is 13.8. The predicted octanol–water partition coefficient (Wildman–Crippen LogP) is 3.60. The molecule has 118 valence electrons. The Balaban J connectivity index is 1.86. The quantitative estimate of drug-likeness (QED) is 0.934. The van der Waals surface area contributed by atoms with Crippen LogP contribution in [0.3, 0.4) is 0 Å². The third-order valence-corrected chi connectivity index (χ3v) is 4.44. The van der Waals surface area contributed by atoms with E-state index in [4.69, 9.17) is 16.9 Å². The van der Waals surface area contributed by atoms with E-state index in [1.807, 2.05) is 25.2 Å². The second kappa shape index (κ2) is 6.53. The highest BCUT2D eigenvalue weighted by Crippen LogP contribution is 2.34. The van der Waals surface area contributed by atoms with Crippen LogP contribution in [0.2, 0.25) is 5.02 Å². The number of aromatic nitrogens is 1. The molecule has 1 aromatic carbocycles. The van der Waals surface area contributed by atoms with Gasteiger partial charge >= 0.3 is 0 Å². The molecular formula is C17H16ClFN4. The van der Waals surface area contributed by atoms with Crippen molar-refractivity contribution in [2.24, 2.45) is 0 Å². The summed E-state index contributed by atoms with van der Waals surface area (Å²) in [5.74, 6) is 0.247. The molecule has 2 aromatic rings. The highest BCUT2D eigenvalue weighted by atomic mass is 35.5. The highest BCUT2D eigenvalue weighted by molar-refractivity contribution is 6.30. The number of pyridine rings is 1. The normalized spacial score (nSPS) is 21.1. The van der Waals surface area contributed by atoms with Crippen LogP contribution in [0.5, 0.6) is 0 Å². The summed E-state index contributed by atoms with van der Waals surface area (Å²) in [6.07, 6.45) is 0.907. The third kappa shape index (κ3) is 3.29. The zero-order chi connectivity index (χ0) is 16.4. The Morgan fingerprint density at radius 3 is 2.96 bits per heavy atom. The highest BCUT2D eigenvalue weighted by Gasteiger charge is 2.33. The van der Waals surface area contributed by atoms with Crippen LogP contribution in [-0.2, 0) is 0 Å². The molecule has 2 atom stereocenters. The molecule has 4 nitrogen and oxygen atoms in total. The van der Waals surface area contributed by atoms with Gasteiger partial charge in [0.1, 0.15) is 23.4 Å². The molecular weight excluding hydrogens is 315 g/mol. The average Bonchev–Trinajstić information content (AvgIpc) is 2.91. The zero-order valence-corrected chi connectivity index (χ0v) is 13.4. The Hall–Kier alpha value is -2.16. The van der Waals surface area contributed by atoms with E-state index in [0.29, 0.717) is 11.5 Å². The second-order valence-corrected chi connectivity index (χ2v) is 6.07. The van der Waals surface area contributed by atoms with E-state index in [9.17, 15) is 4.39 Å². The maximum Gasteiger partial charge on any atom is 0.142 e. The van der Waals surface area contributed by atoms with Gasteiger partial charge in [-0.05, 0) is 43.3 Å². The average molecular weight is 331 g/mol. The number of nitriles is 1. The number of rotatable bonds is 3. The molecule has 0 aliphatic carbocycles. The summed E-state index contributed by atoms with van der Waals surface area (Å²) in [4.78, 5) is 6.43. The van der Waals surface area contributed by atoms with Crippen LogP contribution in [0.15, 0.2) is 36.4 Å². The predicted molar refractivity (Wildman–Crippen MR) is 87.8 cm³/mol. The van der Waals surface area contributed by atoms with E-state index in [0.717, 1.165) is 18.5 Å². The number of nitrogens with one attached hydrogen (secondary N) is 1. The minimum atomic E-state index is -0.409. The zero-order valence-electron chi connectivity index (χ0n) is 12.6. The molecule has 1 N–H and O–H groups in total. The van der Waals surface area contributed by atoms with Crippen molar-refractivity contribution in [1.29, 1.82) is 5.26 Å². The molecule has 2 unspecified atom stereocenters. The summed E-state index contributed by atoms with van der Waals surface area (Å²) < 4.78 is 13.8. The van der Waals surface area contributed by atoms with E-state index >= 15 is 0 Å². The van der Waals surface area contributed by atoms with Crippen LogP contribution >= 0.6 is 11.6 Å². The number of halogens is 2. The molecule has 0 spiro atoms. The van der Waals surface area contributed by atoms with Gasteiger partial charge in [-0.15, -0.1) is 0 Å². The third-order valence-electron chi connectivity index (χ3n) is 4.13. The SMILES string of the molecule is CN1CCC(Nc2cccc(C#N)n2)C1c1ccc(Cl)c(F)c1. The Morgan fingerprint density at radius 1 is 1.39 bits per heavy atom. The van der Waals surface area contributed by atoms with Gasteiger partial charge in [-0.2, -0.15) is 5.26 Å². The van der Waals surface area contributed by atoms with Crippen LogP contribution in [-0.4, -0.2) is 29.5 Å². The van der Waals surface area contributed by atoms with Crippen LogP contribution in [0.25, 0.3) is 0 Å². The molecule has 6 heteroatoms. The largest absolute Gasteiger partial charge is 0.365 e. The smallest absolute Gasteiger partial charge is 0.142 e. The van der Waals surface area contributed by atoms with Gasteiger partial charge in [-0.1, -0.05) is 23.7 Å². The van der Waals surface area contributed by atoms with Gasteiger partial charge in [0.15, 0.2) is 0 Å². The van der Waals surface area contributed by atoms with Gasteiger partial charge in [0.05, 0.1) is 11.1 Å². The number of hydrogen-bond donors (Lipinski definition) is 1. The summed E-state index contributed by atoms with van der Waals surface area (Å²) in [7, 11) is 2.01. The van der Waals surface area contributed by atoms with Gasteiger partial charge in [-0.3, -0.25) is 4.90 Å². The molecule has 1 fully saturated rings. The lowest BCUT2D eigenvalue weighted by Crippen LogP contribution is -2.29. The lowest BCUT2D eigenvalue weighted by Gasteiger charge is -2.26. The molecule has 1 aliphatic heterocycles. The van der Waals surface area contributed by atoms with Gasteiger partial charge < -0.3 is 5.32 Å². The van der Waals surface area contributed by atoms with E-state index in [-0.39, 0.29) is 17.1 Å². The molecule has 3 rings (SSSR count). The van der Waals surface area contributed by atoms with Gasteiger partial charge in [0, 0.05) is 12.6 Å². The van der Waals surface area contributed by atoms with E-state index < -0.39 is 5.82 Å². The van der Waals surface area contributed by atoms with Crippen LogP contribution in [0, 0.1) is 17.1 Å². The monoisotopic (exact) mass is 330 g/mol. The van der Waals surface area contributed by atoms with Gasteiger partial charge in [0.25, 0.3) is 0 Å². The number of likely N-dealkylation sites (N-methyl/N-ethyl adjacent to an activating group) is 1. The molecule has 1 aromatic heterocycles. The van der Waals surface area contributed by atoms with Crippen molar-refractivity contribution in [3.8, 4) is 6.07 Å². The van der Waals surface area contributed by atoms with Crippen molar-refractivity contribution in [2.45, 2.75) is 18.5 Å². The lowest BCUT2D eigenvalue weighted by atomic mass is 10.00. The fourth-order valence-corrected chi connectivity index (χ4v) is 3.17. The first kappa shape index (κ1) is 15.7. The first-order valence-corrected chi connectivity index (χ1v) is 7.75. The van der Waals surface area contributed by atoms with Crippen molar-refractivity contribution >= 4 is 17.4 Å². The maximum atomic E-state index is 13.8. The summed E-state index contributed by atoms with van der Waals surface area (Å²) in [6.45, 7) is 0.893. The summed E-state index contributed by atoms with van der Waals surface area (Å²) in [5, 5.41) is 12.4. The first-order chi connectivity index (χ1) is 11.1. The molecule has 1 saturated heterocycles. The first-order valence-electron chi connectivity index (χ1n) is 7.37. The topological polar surface area (TPSA) is 52.0 Å². The Labute approximate surface area is 139 Å². The minimum absolute atomic E-state index is 0.0225. The number of hydrogen-bond acceptors (Lipinski definition) is 4. The standard InChI is InChI=1S/C17H16ClFN4/c1-23-8-7-15(22-16-4-2-3-12(10-20)21-16)17(23)11-5-6-13(18)14(19)9-11/h2-6,9,15,17H,7-8H2,1H3,(H,21,22). The van der Waals surface area contributed by atoms with E-state index in [1.165, 1.54) is 6.07 Å². The molecule has 23 heavy (non-hydrogen) atoms. The lowest BCUT2D eigenvalue weighted by molar-refractivity contribution is 0.308. The van der Waals surface area contributed by atoms with Crippen molar-refractivity contribution in [3.05, 3.63) is 58.5 Å². The van der Waals surface area contributed by atoms with Crippen molar-refractivity contribution in [3.63, 3.8) is 0 Å². The van der Waals surface area contributed by atoms with Crippen molar-refractivity contribution in [1.82, 2.24) is 9.88 Å². The minimum Gasteiger partial charge on any atom is -0.365 e. The van der Waals surface area contributed by atoms with E-state index in [2.05, 4.69) is 15.2 Å². The molecule has 0 saturated carbocycles. The Kier molecular flexibility index (Phi) is 4.46. The fraction of sp³-hybridized carbons (Fsp3) is 0.294. The fourth-order valence-electron chi connectivity index (χ4n) is 3.05. The van der Waals surface area contributed by atoms with Crippen LogP contribution in [0.4, 0.5) is 10.2 Å². The summed E-state index contributed by atoms with van der Waals surface area (Å²) in [6, 6.07) is 12.4. The number of likely N-dealkylation sites (tertiary alicyclic amines) is 1. The Morgan fingerprint density at radius 2 is 2.22 bits per heavy atom. The number of nitrogens with zero attached hydrogens (tertiary/aromatic N) is 3. The second-order valence-electron chi connectivity index (χ2n) is 5.66. The van der Waals surface area contributed by atoms with Crippen molar-refractivity contribution < 1.29 is 4.39 Å². The summed E-state index contributed by atoms with van der Waals surface area (Å²) >= 11 is 5.78. The van der Waals surface area contributed by atoms with Gasteiger partial charge in [0.2, 0.25) is 0 Å². The number of benzene rings is 1. The summed E-state index contributed by atoms with van der Waals surface area (Å²) in [5.41, 5.74) is 1.25.